The fourth-order valence-corrected chi connectivity index (χ4v) is 3.61. The zero-order chi connectivity index (χ0) is 21.1. The number of rotatable bonds is 5. The predicted molar refractivity (Wildman–Crippen MR) is 111 cm³/mol. The molecule has 0 saturated heterocycles. The Morgan fingerprint density at radius 2 is 1.80 bits per heavy atom. The fraction of sp³-hybridized carbons (Fsp3) is 0.217. The maximum Gasteiger partial charge on any atom is 0.258 e. The Morgan fingerprint density at radius 1 is 1.03 bits per heavy atom. The molecule has 152 valence electrons. The average molecular weight is 403 g/mol. The van der Waals surface area contributed by atoms with Crippen LogP contribution in [0, 0.1) is 0 Å². The maximum atomic E-state index is 12.7. The van der Waals surface area contributed by atoms with Crippen molar-refractivity contribution in [2.24, 2.45) is 0 Å². The van der Waals surface area contributed by atoms with Crippen LogP contribution in [-0.4, -0.2) is 35.9 Å². The number of amides is 1. The number of anilines is 1. The lowest BCUT2D eigenvalue weighted by atomic mass is 9.82. The molecule has 0 aliphatic heterocycles. The van der Waals surface area contributed by atoms with E-state index < -0.39 is 0 Å². The predicted octanol–water partition coefficient (Wildman–Crippen LogP) is 3.66. The van der Waals surface area contributed by atoms with Crippen LogP contribution >= 0.6 is 0 Å². The van der Waals surface area contributed by atoms with Crippen molar-refractivity contribution in [3.63, 3.8) is 0 Å². The lowest BCUT2D eigenvalue weighted by Gasteiger charge is -2.24. The lowest BCUT2D eigenvalue weighted by Crippen LogP contribution is -2.22. The van der Waals surface area contributed by atoms with Gasteiger partial charge in [0.25, 0.3) is 5.91 Å². The number of aromatic nitrogens is 2. The number of ketones is 1. The van der Waals surface area contributed by atoms with E-state index in [-0.39, 0.29) is 23.6 Å². The van der Waals surface area contributed by atoms with Crippen LogP contribution in [0.25, 0.3) is 0 Å². The number of hydrogen-bond acceptors (Lipinski definition) is 6. The zero-order valence-corrected chi connectivity index (χ0v) is 16.7. The fourth-order valence-electron chi connectivity index (χ4n) is 3.61. The van der Waals surface area contributed by atoms with E-state index in [0.29, 0.717) is 41.2 Å². The van der Waals surface area contributed by atoms with Gasteiger partial charge in [-0.2, -0.15) is 0 Å². The molecular formula is C23H21N3O4. The Balaban J connectivity index is 1.58. The standard InChI is InChI=1S/C23H21N3O4/c1-29-20-9-8-15(12-21(20)30-2)16-10-18-17(19(27)11-16)13-24-23(25-18)26-22(28)14-6-4-3-5-7-14/h3-9,12-13,16H,10-11H2,1-2H3,(H,24,25,26,28)/t16-/m0/s1. The van der Waals surface area contributed by atoms with E-state index in [9.17, 15) is 9.59 Å². The van der Waals surface area contributed by atoms with Gasteiger partial charge in [0.1, 0.15) is 0 Å². The second-order valence-corrected chi connectivity index (χ2v) is 7.02. The third-order valence-corrected chi connectivity index (χ3v) is 5.18. The molecule has 1 atom stereocenters. The molecule has 1 amide bonds. The summed E-state index contributed by atoms with van der Waals surface area (Å²) < 4.78 is 10.7. The van der Waals surface area contributed by atoms with Gasteiger partial charge < -0.3 is 9.47 Å². The first-order valence-electron chi connectivity index (χ1n) is 9.56. The van der Waals surface area contributed by atoms with Crippen molar-refractivity contribution in [2.45, 2.75) is 18.8 Å². The monoisotopic (exact) mass is 403 g/mol. The largest absolute Gasteiger partial charge is 0.493 e. The first-order chi connectivity index (χ1) is 14.6. The van der Waals surface area contributed by atoms with Gasteiger partial charge in [-0.1, -0.05) is 24.3 Å². The Hall–Kier alpha value is -3.74. The molecule has 0 unspecified atom stereocenters. The highest BCUT2D eigenvalue weighted by atomic mass is 16.5. The first-order valence-corrected chi connectivity index (χ1v) is 9.56. The van der Waals surface area contributed by atoms with Crippen molar-refractivity contribution in [3.05, 3.63) is 77.1 Å². The van der Waals surface area contributed by atoms with Crippen molar-refractivity contribution >= 4 is 17.6 Å². The third kappa shape index (κ3) is 3.87. The lowest BCUT2D eigenvalue weighted by molar-refractivity contribution is 0.0962. The summed E-state index contributed by atoms with van der Waals surface area (Å²) in [7, 11) is 3.16. The number of methoxy groups -OCH3 is 2. The Bertz CT molecular complexity index is 1100. The molecule has 2 aromatic carbocycles. The molecule has 0 fully saturated rings. The molecule has 1 aliphatic carbocycles. The molecule has 0 bridgehead atoms. The number of carbonyl (C=O) groups excluding carboxylic acids is 2. The molecule has 1 aromatic heterocycles. The first kappa shape index (κ1) is 19.6. The van der Waals surface area contributed by atoms with Crippen molar-refractivity contribution < 1.29 is 19.1 Å². The van der Waals surface area contributed by atoms with Crippen molar-refractivity contribution in [3.8, 4) is 11.5 Å². The second kappa shape index (κ2) is 8.32. The van der Waals surface area contributed by atoms with Crippen LogP contribution in [0.4, 0.5) is 5.95 Å². The number of carbonyl (C=O) groups is 2. The van der Waals surface area contributed by atoms with E-state index in [1.54, 1.807) is 38.5 Å². The maximum absolute atomic E-state index is 12.7. The number of Topliss-reactive ketones (excluding diaryl/α,β-unsaturated/α-hetero) is 1. The summed E-state index contributed by atoms with van der Waals surface area (Å²) in [4.78, 5) is 33.7. The molecule has 1 heterocycles. The molecule has 7 heteroatoms. The smallest absolute Gasteiger partial charge is 0.258 e. The highest BCUT2D eigenvalue weighted by Gasteiger charge is 2.29. The quantitative estimate of drug-likeness (QED) is 0.699. The van der Waals surface area contributed by atoms with Gasteiger partial charge in [0, 0.05) is 18.2 Å². The summed E-state index contributed by atoms with van der Waals surface area (Å²) in [5.74, 6) is 1.08. The SMILES string of the molecule is COc1ccc([C@@H]2CC(=O)c3cnc(NC(=O)c4ccccc4)nc3C2)cc1OC. The molecule has 1 aliphatic rings. The number of benzene rings is 2. The summed E-state index contributed by atoms with van der Waals surface area (Å²) in [6.07, 6.45) is 2.42. The third-order valence-electron chi connectivity index (χ3n) is 5.18. The molecule has 0 spiro atoms. The van der Waals surface area contributed by atoms with E-state index in [1.165, 1.54) is 6.20 Å². The van der Waals surface area contributed by atoms with Crippen LogP contribution in [0.5, 0.6) is 11.5 Å². The summed E-state index contributed by atoms with van der Waals surface area (Å²) in [6.45, 7) is 0. The van der Waals surface area contributed by atoms with Crippen LogP contribution in [0.3, 0.4) is 0 Å². The van der Waals surface area contributed by atoms with E-state index in [2.05, 4.69) is 15.3 Å². The van der Waals surface area contributed by atoms with Gasteiger partial charge in [0.05, 0.1) is 25.5 Å². The number of fused-ring (bicyclic) bond motifs is 1. The van der Waals surface area contributed by atoms with Gasteiger partial charge in [-0.25, -0.2) is 9.97 Å². The van der Waals surface area contributed by atoms with E-state index >= 15 is 0 Å². The molecule has 0 radical (unpaired) electrons. The molecule has 0 saturated carbocycles. The number of nitrogens with zero attached hydrogens (tertiary/aromatic N) is 2. The second-order valence-electron chi connectivity index (χ2n) is 7.02. The summed E-state index contributed by atoms with van der Waals surface area (Å²) in [6, 6.07) is 14.5. The minimum atomic E-state index is -0.297. The Kier molecular flexibility index (Phi) is 5.43. The number of nitrogens with one attached hydrogen (secondary N) is 1. The highest BCUT2D eigenvalue weighted by Crippen LogP contribution is 2.36. The summed E-state index contributed by atoms with van der Waals surface area (Å²) in [5, 5.41) is 2.70. The van der Waals surface area contributed by atoms with Gasteiger partial charge in [-0.05, 0) is 42.2 Å². The van der Waals surface area contributed by atoms with Crippen LogP contribution in [0.15, 0.2) is 54.7 Å². The van der Waals surface area contributed by atoms with Crippen LogP contribution in [0.1, 0.15) is 44.3 Å². The van der Waals surface area contributed by atoms with Crippen molar-refractivity contribution in [1.29, 1.82) is 0 Å². The average Bonchev–Trinajstić information content (AvgIpc) is 2.78. The van der Waals surface area contributed by atoms with Gasteiger partial charge in [0.2, 0.25) is 5.95 Å². The van der Waals surface area contributed by atoms with Gasteiger partial charge in [-0.3, -0.25) is 14.9 Å². The van der Waals surface area contributed by atoms with Crippen LogP contribution < -0.4 is 14.8 Å². The Morgan fingerprint density at radius 3 is 2.53 bits per heavy atom. The minimum absolute atomic E-state index is 0.0167. The minimum Gasteiger partial charge on any atom is -0.493 e. The number of hydrogen-bond donors (Lipinski definition) is 1. The van der Waals surface area contributed by atoms with Crippen molar-refractivity contribution in [2.75, 3.05) is 19.5 Å². The molecule has 7 nitrogen and oxygen atoms in total. The van der Waals surface area contributed by atoms with Gasteiger partial charge >= 0.3 is 0 Å². The van der Waals surface area contributed by atoms with E-state index in [1.807, 2.05) is 24.3 Å². The van der Waals surface area contributed by atoms with E-state index in [4.69, 9.17) is 9.47 Å². The highest BCUT2D eigenvalue weighted by molar-refractivity contribution is 6.03. The topological polar surface area (TPSA) is 90.4 Å². The van der Waals surface area contributed by atoms with Crippen molar-refractivity contribution in [1.82, 2.24) is 9.97 Å². The Labute approximate surface area is 174 Å². The van der Waals surface area contributed by atoms with Crippen LogP contribution in [0.2, 0.25) is 0 Å². The van der Waals surface area contributed by atoms with Gasteiger partial charge in [0.15, 0.2) is 17.3 Å². The normalized spacial score (nSPS) is 15.3. The molecule has 30 heavy (non-hydrogen) atoms. The molecule has 1 N–H and O–H groups in total. The van der Waals surface area contributed by atoms with Gasteiger partial charge in [-0.15, -0.1) is 0 Å². The molecular weight excluding hydrogens is 382 g/mol. The van der Waals surface area contributed by atoms with E-state index in [0.717, 1.165) is 5.56 Å². The molecule has 4 rings (SSSR count). The van der Waals surface area contributed by atoms with Crippen LogP contribution in [-0.2, 0) is 6.42 Å². The summed E-state index contributed by atoms with van der Waals surface area (Å²) >= 11 is 0. The summed E-state index contributed by atoms with van der Waals surface area (Å²) in [5.41, 5.74) is 2.62. The molecule has 3 aromatic rings. The zero-order valence-electron chi connectivity index (χ0n) is 16.7. The number of ether oxygens (including phenoxy) is 2.